The molecule has 0 saturated carbocycles. The fourth-order valence-electron chi connectivity index (χ4n) is 3.68. The monoisotopic (exact) mass is 458 g/mol. The quantitative estimate of drug-likeness (QED) is 0.337. The smallest absolute Gasteiger partial charge is 0.325 e. The molecule has 0 aromatic heterocycles. The van der Waals surface area contributed by atoms with Gasteiger partial charge in [0.05, 0.1) is 18.1 Å². The van der Waals surface area contributed by atoms with E-state index in [1.165, 1.54) is 43.5 Å². The highest BCUT2D eigenvalue weighted by molar-refractivity contribution is 6.10. The van der Waals surface area contributed by atoms with E-state index >= 15 is 0 Å². The van der Waals surface area contributed by atoms with Crippen molar-refractivity contribution in [1.29, 1.82) is 0 Å². The summed E-state index contributed by atoms with van der Waals surface area (Å²) >= 11 is 0. The largest absolute Gasteiger partial charge is 0.496 e. The molecule has 2 aromatic carbocycles. The Bertz CT molecular complexity index is 1090. The van der Waals surface area contributed by atoms with Gasteiger partial charge in [-0.25, -0.2) is 9.18 Å². The zero-order valence-corrected chi connectivity index (χ0v) is 18.1. The molecule has 0 spiro atoms. The highest BCUT2D eigenvalue weighted by atomic mass is 19.1. The third-order valence-electron chi connectivity index (χ3n) is 5.40. The number of unbranched alkanes of at least 4 members (excludes halogenated alkanes) is 1. The van der Waals surface area contributed by atoms with Crippen LogP contribution in [0.15, 0.2) is 42.5 Å². The average molecular weight is 458 g/mol. The molecule has 1 heterocycles. The maximum absolute atomic E-state index is 13.4. The summed E-state index contributed by atoms with van der Waals surface area (Å²) in [6.45, 7) is 1.27. The normalized spacial score (nSPS) is 17.6. The molecule has 2 aromatic rings. The van der Waals surface area contributed by atoms with E-state index in [9.17, 15) is 28.9 Å². The summed E-state index contributed by atoms with van der Waals surface area (Å²) in [6, 6.07) is 8.33. The summed E-state index contributed by atoms with van der Waals surface area (Å²) in [7, 11) is 1.35. The van der Waals surface area contributed by atoms with Crippen molar-refractivity contribution in [2.45, 2.75) is 31.7 Å². The molecule has 0 aliphatic carbocycles. The minimum Gasteiger partial charge on any atom is -0.496 e. The average Bonchev–Trinajstić information content (AvgIpc) is 3.03. The molecule has 1 aliphatic rings. The number of ether oxygens (including phenoxy) is 1. The summed E-state index contributed by atoms with van der Waals surface area (Å²) in [5.41, 5.74) is -1.52. The molecule has 1 unspecified atom stereocenters. The van der Waals surface area contributed by atoms with Crippen molar-refractivity contribution < 1.29 is 28.4 Å². The van der Waals surface area contributed by atoms with Gasteiger partial charge < -0.3 is 15.4 Å². The molecule has 1 fully saturated rings. The van der Waals surface area contributed by atoms with Crippen molar-refractivity contribution in [2.75, 3.05) is 19.0 Å². The Hall–Kier alpha value is -4.02. The minimum atomic E-state index is -1.42. The second-order valence-electron chi connectivity index (χ2n) is 7.53. The van der Waals surface area contributed by atoms with Crippen LogP contribution in [-0.4, -0.2) is 41.3 Å². The first kappa shape index (κ1) is 23.6. The molecule has 0 radical (unpaired) electrons. The van der Waals surface area contributed by atoms with Crippen molar-refractivity contribution in [3.63, 3.8) is 0 Å². The summed E-state index contributed by atoms with van der Waals surface area (Å²) < 4.78 is 18.4. The van der Waals surface area contributed by atoms with E-state index in [4.69, 9.17) is 4.74 Å². The number of hydrogen-bond donors (Lipinski definition) is 2. The first-order valence-corrected chi connectivity index (χ1v) is 10.2. The molecule has 174 valence electrons. The van der Waals surface area contributed by atoms with Crippen LogP contribution in [0.25, 0.3) is 0 Å². The molecule has 1 saturated heterocycles. The first-order valence-electron chi connectivity index (χ1n) is 10.2. The van der Waals surface area contributed by atoms with Crippen LogP contribution in [0.4, 0.5) is 20.6 Å². The Morgan fingerprint density at radius 2 is 1.94 bits per heavy atom. The summed E-state index contributed by atoms with van der Waals surface area (Å²) in [5.74, 6) is -1.70. The minimum absolute atomic E-state index is 0.103. The van der Waals surface area contributed by atoms with Gasteiger partial charge in [0.25, 0.3) is 11.6 Å². The molecule has 1 atom stereocenters. The van der Waals surface area contributed by atoms with Crippen molar-refractivity contribution in [3.8, 4) is 5.75 Å². The molecule has 4 amide bonds. The number of anilines is 1. The van der Waals surface area contributed by atoms with Crippen LogP contribution < -0.4 is 15.4 Å². The molecule has 3 rings (SSSR count). The number of carbonyl (C=O) groups excluding carboxylic acids is 3. The number of halogens is 1. The molecule has 10 nitrogen and oxygen atoms in total. The number of rotatable bonds is 9. The second-order valence-corrected chi connectivity index (χ2v) is 7.53. The van der Waals surface area contributed by atoms with Crippen LogP contribution in [-0.2, 0) is 15.1 Å². The lowest BCUT2D eigenvalue weighted by molar-refractivity contribution is -0.384. The van der Waals surface area contributed by atoms with Gasteiger partial charge in [0.2, 0.25) is 5.91 Å². The van der Waals surface area contributed by atoms with Gasteiger partial charge >= 0.3 is 6.03 Å². The number of methoxy groups -OCH3 is 1. The molecule has 1 aliphatic heterocycles. The van der Waals surface area contributed by atoms with Crippen molar-refractivity contribution >= 4 is 29.2 Å². The van der Waals surface area contributed by atoms with Crippen LogP contribution in [0.5, 0.6) is 5.75 Å². The van der Waals surface area contributed by atoms with E-state index in [1.54, 1.807) is 0 Å². The topological polar surface area (TPSA) is 131 Å². The van der Waals surface area contributed by atoms with Gasteiger partial charge in [0.15, 0.2) is 0 Å². The summed E-state index contributed by atoms with van der Waals surface area (Å²) in [5, 5.41) is 16.4. The van der Waals surface area contributed by atoms with E-state index in [2.05, 4.69) is 10.6 Å². The van der Waals surface area contributed by atoms with Gasteiger partial charge in [0.1, 0.15) is 29.3 Å². The molecule has 33 heavy (non-hydrogen) atoms. The van der Waals surface area contributed by atoms with E-state index < -0.39 is 46.4 Å². The number of hydrogen-bond acceptors (Lipinski definition) is 6. The Morgan fingerprint density at radius 1 is 1.24 bits per heavy atom. The van der Waals surface area contributed by atoms with Crippen LogP contribution >= 0.6 is 0 Å². The molecule has 2 N–H and O–H groups in total. The summed E-state index contributed by atoms with van der Waals surface area (Å²) in [6.07, 6.45) is 1.61. The van der Waals surface area contributed by atoms with Gasteiger partial charge in [-0.2, -0.15) is 0 Å². The maximum Gasteiger partial charge on any atom is 0.325 e. The summed E-state index contributed by atoms with van der Waals surface area (Å²) in [4.78, 5) is 50.0. The molecular weight excluding hydrogens is 435 g/mol. The predicted molar refractivity (Wildman–Crippen MR) is 116 cm³/mol. The maximum atomic E-state index is 13.4. The number of nitrogens with zero attached hydrogens (tertiary/aromatic N) is 2. The number of nitro benzene ring substituents is 1. The number of benzene rings is 2. The third kappa shape index (κ3) is 4.76. The Labute approximate surface area is 188 Å². The number of amides is 4. The lowest BCUT2D eigenvalue weighted by Gasteiger charge is -2.27. The van der Waals surface area contributed by atoms with Gasteiger partial charge in [-0.3, -0.25) is 24.6 Å². The lowest BCUT2D eigenvalue weighted by Crippen LogP contribution is -2.44. The molecule has 11 heteroatoms. The number of carbonyl (C=O) groups is 3. The molecular formula is C22H23FN4O6. The van der Waals surface area contributed by atoms with Crippen molar-refractivity contribution in [2.24, 2.45) is 0 Å². The van der Waals surface area contributed by atoms with Gasteiger partial charge in [-0.1, -0.05) is 31.9 Å². The number of nitro groups is 1. The number of nitrogens with one attached hydrogen (secondary N) is 2. The second kappa shape index (κ2) is 9.63. The Morgan fingerprint density at radius 3 is 2.55 bits per heavy atom. The van der Waals surface area contributed by atoms with Crippen LogP contribution in [0.3, 0.4) is 0 Å². The highest BCUT2D eigenvalue weighted by Crippen LogP contribution is 2.34. The lowest BCUT2D eigenvalue weighted by atomic mass is 9.85. The van der Waals surface area contributed by atoms with Crippen molar-refractivity contribution in [1.82, 2.24) is 10.2 Å². The van der Waals surface area contributed by atoms with E-state index in [0.29, 0.717) is 12.0 Å². The van der Waals surface area contributed by atoms with Crippen LogP contribution in [0, 0.1) is 15.9 Å². The van der Waals surface area contributed by atoms with Gasteiger partial charge in [0, 0.05) is 0 Å². The Balaban J connectivity index is 1.83. The predicted octanol–water partition coefficient (Wildman–Crippen LogP) is 3.32. The van der Waals surface area contributed by atoms with Gasteiger partial charge in [-0.05, 0) is 36.2 Å². The fraction of sp³-hybridized carbons (Fsp3) is 0.318. The standard InChI is InChI=1S/C22H23FN4O6/c1-3-4-11-22(14-5-7-15(23)8-6-14)20(29)26(21(30)25-22)13-19(28)24-17-10-9-16(33-2)12-18(17)27(31)32/h5-10,12H,3-4,11,13H2,1-2H3,(H,24,28)(H,25,30). The zero-order valence-electron chi connectivity index (χ0n) is 18.1. The van der Waals surface area contributed by atoms with E-state index in [0.717, 1.165) is 17.4 Å². The van der Waals surface area contributed by atoms with Crippen LogP contribution in [0.1, 0.15) is 31.7 Å². The van der Waals surface area contributed by atoms with Crippen LogP contribution in [0.2, 0.25) is 0 Å². The number of urea groups is 1. The highest BCUT2D eigenvalue weighted by Gasteiger charge is 2.52. The zero-order chi connectivity index (χ0) is 24.2. The van der Waals surface area contributed by atoms with Crippen molar-refractivity contribution in [3.05, 3.63) is 64.0 Å². The fourth-order valence-corrected chi connectivity index (χ4v) is 3.68. The van der Waals surface area contributed by atoms with E-state index in [1.807, 2.05) is 6.92 Å². The SMILES string of the molecule is CCCCC1(c2ccc(F)cc2)NC(=O)N(CC(=O)Nc2ccc(OC)cc2[N+](=O)[O-])C1=O. The molecule has 0 bridgehead atoms. The Kier molecular flexibility index (Phi) is 6.90. The van der Waals surface area contributed by atoms with E-state index in [-0.39, 0.29) is 17.9 Å². The van der Waals surface area contributed by atoms with Gasteiger partial charge in [-0.15, -0.1) is 0 Å². The number of imide groups is 1. The third-order valence-corrected chi connectivity index (χ3v) is 5.40. The first-order chi connectivity index (χ1) is 15.7.